The predicted octanol–water partition coefficient (Wildman–Crippen LogP) is 1.49. The molecule has 1 aromatic heterocycles. The van der Waals surface area contributed by atoms with Crippen molar-refractivity contribution in [3.8, 4) is 5.75 Å². The maximum absolute atomic E-state index is 10.7. The summed E-state index contributed by atoms with van der Waals surface area (Å²) in [7, 11) is -6.03. The minimum atomic E-state index is -6.09. The number of aryl methyl sites for hydroxylation is 1. The summed E-state index contributed by atoms with van der Waals surface area (Å²) in [6.45, 7) is 11.7. The van der Waals surface area contributed by atoms with Gasteiger partial charge in [-0.05, 0) is 27.9 Å². The number of rotatable bonds is 3. The molecule has 0 bridgehead atoms. The Bertz CT molecular complexity index is 1050. The van der Waals surface area contributed by atoms with Crippen molar-refractivity contribution in [2.45, 2.75) is 31.4 Å². The van der Waals surface area contributed by atoms with Gasteiger partial charge in [-0.3, -0.25) is 9.88 Å². The van der Waals surface area contributed by atoms with Gasteiger partial charge >= 0.3 is 27.8 Å². The third kappa shape index (κ3) is 14.8. The van der Waals surface area contributed by atoms with Crippen molar-refractivity contribution < 1.29 is 73.8 Å². The summed E-state index contributed by atoms with van der Waals surface area (Å²) in [6.07, 6.45) is 1.93. The maximum Gasteiger partial charge on any atom is 2.00 e. The summed E-state index contributed by atoms with van der Waals surface area (Å²) < 4.78 is 123. The molecular weight excluding hydrogens is 633 g/mol. The number of methoxy groups -OCH3 is 1. The predicted molar refractivity (Wildman–Crippen MR) is 122 cm³/mol. The number of nitrogens with zero attached hydrogens (tertiary/aromatic N) is 4. The number of hydrogen-bond donors (Lipinski definition) is 0. The Morgan fingerprint density at radius 2 is 1.18 bits per heavy atom. The van der Waals surface area contributed by atoms with Gasteiger partial charge in [0.05, 0.1) is 12.8 Å². The first-order valence-electron chi connectivity index (χ1n) is 10.6. The summed E-state index contributed by atoms with van der Waals surface area (Å²) in [5, 5.41) is 0. The van der Waals surface area contributed by atoms with Crippen molar-refractivity contribution in [3.05, 3.63) is 23.0 Å². The Balaban J connectivity index is 0. The van der Waals surface area contributed by atoms with E-state index >= 15 is 0 Å². The summed E-state index contributed by atoms with van der Waals surface area (Å²) in [5.74, 6) is 0.975. The van der Waals surface area contributed by atoms with Crippen molar-refractivity contribution in [3.63, 3.8) is 0 Å². The second-order valence-corrected chi connectivity index (χ2v) is 11.0. The number of hydrogen-bond acceptors (Lipinski definition) is 11. The Morgan fingerprint density at radius 3 is 1.49 bits per heavy atom. The molecule has 1 fully saturated rings. The molecule has 0 atom stereocenters. The van der Waals surface area contributed by atoms with Crippen LogP contribution in [-0.2, 0) is 43.6 Å². The molecule has 1 aliphatic heterocycles. The molecule has 1 saturated heterocycles. The van der Waals surface area contributed by atoms with Gasteiger partial charge < -0.3 is 23.6 Å². The third-order valence-corrected chi connectivity index (χ3v) is 6.28. The molecule has 39 heavy (non-hydrogen) atoms. The molecular formula is C19H30CoF6N4O7S2. The first-order chi connectivity index (χ1) is 17.0. The second kappa shape index (κ2) is 16.2. The average molecular weight is 664 g/mol. The number of alkyl halides is 6. The number of likely N-dealkylation sites (N-methyl/N-ethyl adjacent to an activating group) is 2. The molecule has 231 valence electrons. The Labute approximate surface area is 234 Å². The summed E-state index contributed by atoms with van der Waals surface area (Å²) in [4.78, 5) is 12.0. The summed E-state index contributed by atoms with van der Waals surface area (Å²) >= 11 is 0. The van der Waals surface area contributed by atoms with Crippen LogP contribution in [0.1, 0.15) is 16.8 Å². The molecule has 20 heteroatoms. The van der Waals surface area contributed by atoms with Crippen molar-refractivity contribution in [1.82, 2.24) is 19.7 Å². The van der Waals surface area contributed by atoms with Crippen molar-refractivity contribution in [2.75, 3.05) is 60.5 Å². The summed E-state index contributed by atoms with van der Waals surface area (Å²) in [5.41, 5.74) is -7.89. The largest absolute Gasteiger partial charge is 2.00 e. The van der Waals surface area contributed by atoms with Gasteiger partial charge in [-0.1, -0.05) is 0 Å². The molecule has 0 aliphatic carbocycles. The maximum atomic E-state index is 10.7. The number of halogens is 6. The zero-order valence-corrected chi connectivity index (χ0v) is 24.3. The van der Waals surface area contributed by atoms with E-state index in [1.165, 1.54) is 5.56 Å². The fraction of sp³-hybridized carbons (Fsp3) is 0.737. The van der Waals surface area contributed by atoms with Crippen LogP contribution in [0.5, 0.6) is 5.75 Å². The molecule has 0 saturated carbocycles. The quantitative estimate of drug-likeness (QED) is 0.263. The zero-order chi connectivity index (χ0) is 30.1. The molecule has 0 amide bonds. The Kier molecular flexibility index (Phi) is 16.6. The number of ether oxygens (including phenoxy) is 1. The molecule has 1 radical (unpaired) electrons. The van der Waals surface area contributed by atoms with E-state index in [2.05, 4.69) is 40.7 Å². The van der Waals surface area contributed by atoms with Crippen molar-refractivity contribution in [2.24, 2.45) is 0 Å². The van der Waals surface area contributed by atoms with Crippen molar-refractivity contribution >= 4 is 20.2 Å². The van der Waals surface area contributed by atoms with Crippen LogP contribution in [0, 0.1) is 13.8 Å². The molecule has 1 aromatic rings. The van der Waals surface area contributed by atoms with E-state index in [-0.39, 0.29) is 16.8 Å². The minimum Gasteiger partial charge on any atom is -0.741 e. The van der Waals surface area contributed by atoms with Crippen LogP contribution in [0.4, 0.5) is 26.3 Å². The van der Waals surface area contributed by atoms with Crippen LogP contribution < -0.4 is 4.74 Å². The molecule has 2 heterocycles. The molecule has 1 aliphatic rings. The third-order valence-electron chi connectivity index (χ3n) is 5.15. The van der Waals surface area contributed by atoms with Crippen molar-refractivity contribution in [1.29, 1.82) is 0 Å². The van der Waals surface area contributed by atoms with E-state index in [0.717, 1.165) is 62.8 Å². The van der Waals surface area contributed by atoms with Gasteiger partial charge in [-0.25, -0.2) is 16.8 Å². The minimum absolute atomic E-state index is 0. The van der Waals surface area contributed by atoms with Crippen LogP contribution in [0.15, 0.2) is 6.20 Å². The van der Waals surface area contributed by atoms with Crippen LogP contribution in [0.3, 0.4) is 0 Å². The van der Waals surface area contributed by atoms with E-state index in [1.54, 1.807) is 7.11 Å². The van der Waals surface area contributed by atoms with Crippen LogP contribution >= 0.6 is 0 Å². The van der Waals surface area contributed by atoms with Crippen LogP contribution in [0.2, 0.25) is 0 Å². The average Bonchev–Trinajstić information content (AvgIpc) is 2.81. The fourth-order valence-corrected chi connectivity index (χ4v) is 2.90. The van der Waals surface area contributed by atoms with Gasteiger partial charge in [0.2, 0.25) is 0 Å². The normalized spacial score (nSPS) is 16.7. The van der Waals surface area contributed by atoms with Gasteiger partial charge in [0.1, 0.15) is 5.75 Å². The topological polar surface area (TPSA) is 146 Å². The monoisotopic (exact) mass is 663 g/mol. The standard InChI is InChI=1S/C17H30N4O.2CHF3O3S.Co/c1-14-12-18-16(15(2)17(14)22-5)13-21-10-8-19(3)6-7-20(4)9-11-21;2*2-1(3,4)8(5,6)7;/h12H,6-11,13H2,1-5H3;2*(H,5,6,7);/q;;;+2/p-2. The van der Waals surface area contributed by atoms with E-state index < -0.39 is 31.3 Å². The zero-order valence-electron chi connectivity index (χ0n) is 21.6. The molecule has 2 rings (SSSR count). The summed E-state index contributed by atoms with van der Waals surface area (Å²) in [6, 6.07) is 0. The van der Waals surface area contributed by atoms with Gasteiger partial charge in [-0.15, -0.1) is 0 Å². The van der Waals surface area contributed by atoms with E-state index in [4.69, 9.17) is 30.7 Å². The van der Waals surface area contributed by atoms with Gasteiger partial charge in [0.15, 0.2) is 20.2 Å². The second-order valence-electron chi connectivity index (χ2n) is 8.23. The molecule has 0 N–H and O–H groups in total. The molecule has 0 spiro atoms. The van der Waals surface area contributed by atoms with Gasteiger partial charge in [-0.2, -0.15) is 26.3 Å². The molecule has 0 aromatic carbocycles. The van der Waals surface area contributed by atoms with Crippen LogP contribution in [0.25, 0.3) is 0 Å². The van der Waals surface area contributed by atoms with E-state index in [1.807, 2.05) is 13.1 Å². The Hall–Kier alpha value is -1.26. The Morgan fingerprint density at radius 1 is 0.846 bits per heavy atom. The number of pyridine rings is 1. The fourth-order valence-electron chi connectivity index (χ4n) is 2.90. The number of aromatic nitrogens is 1. The SMILES string of the molecule is COc1c(C)cnc(CN2CCN(C)CCN(C)CC2)c1C.O=S(=O)([O-])C(F)(F)F.O=S(=O)([O-])C(F)(F)F.[Co+2]. The van der Waals surface area contributed by atoms with Gasteiger partial charge in [0.25, 0.3) is 0 Å². The smallest absolute Gasteiger partial charge is 0.741 e. The van der Waals surface area contributed by atoms with E-state index in [0.29, 0.717) is 0 Å². The molecule has 0 unspecified atom stereocenters. The molecule has 11 nitrogen and oxygen atoms in total. The first kappa shape index (κ1) is 39.9. The first-order valence-corrected chi connectivity index (χ1v) is 13.5. The van der Waals surface area contributed by atoms with Gasteiger partial charge in [0, 0.05) is 63.1 Å². The van der Waals surface area contributed by atoms with E-state index in [9.17, 15) is 26.3 Å². The van der Waals surface area contributed by atoms with Crippen LogP contribution in [-0.4, -0.2) is 117 Å².